The molecule has 0 bridgehead atoms. The van der Waals surface area contributed by atoms with Crippen molar-refractivity contribution in [2.24, 2.45) is 0 Å². The Balaban J connectivity index is 1.60. The molecule has 2 aromatic carbocycles. The van der Waals surface area contributed by atoms with Gasteiger partial charge in [-0.3, -0.25) is 9.59 Å². The summed E-state index contributed by atoms with van der Waals surface area (Å²) in [6.07, 6.45) is 2.48. The van der Waals surface area contributed by atoms with E-state index < -0.39 is 0 Å². The lowest BCUT2D eigenvalue weighted by atomic mass is 10.1. The van der Waals surface area contributed by atoms with Crippen molar-refractivity contribution in [3.63, 3.8) is 0 Å². The van der Waals surface area contributed by atoms with E-state index in [1.54, 1.807) is 17.8 Å². The van der Waals surface area contributed by atoms with E-state index in [9.17, 15) is 9.59 Å². The molecule has 1 unspecified atom stereocenters. The van der Waals surface area contributed by atoms with Gasteiger partial charge in [-0.25, -0.2) is 0 Å². The second-order valence-electron chi connectivity index (χ2n) is 6.68. The first kappa shape index (κ1) is 20.4. The number of carbonyl (C=O) groups excluding carboxylic acids is 2. The normalized spacial score (nSPS) is 16.0. The van der Waals surface area contributed by atoms with Gasteiger partial charge in [0.1, 0.15) is 0 Å². The van der Waals surface area contributed by atoms with Gasteiger partial charge in [0.25, 0.3) is 11.8 Å². The predicted octanol–water partition coefficient (Wildman–Crippen LogP) is 3.64. The minimum absolute atomic E-state index is 0.105. The van der Waals surface area contributed by atoms with Crippen molar-refractivity contribution >= 4 is 23.6 Å². The zero-order chi connectivity index (χ0) is 19.8. The van der Waals surface area contributed by atoms with E-state index >= 15 is 0 Å². The fourth-order valence-corrected chi connectivity index (χ4v) is 4.22. The molecule has 0 aliphatic carbocycles. The van der Waals surface area contributed by atoms with Gasteiger partial charge in [0.05, 0.1) is 11.7 Å². The van der Waals surface area contributed by atoms with Crippen LogP contribution in [0.2, 0.25) is 0 Å². The van der Waals surface area contributed by atoms with E-state index in [0.29, 0.717) is 24.2 Å². The lowest BCUT2D eigenvalue weighted by Gasteiger charge is -2.13. The van der Waals surface area contributed by atoms with Crippen LogP contribution in [0.1, 0.15) is 46.0 Å². The molecule has 0 radical (unpaired) electrons. The van der Waals surface area contributed by atoms with Gasteiger partial charge in [0.15, 0.2) is 0 Å². The third-order valence-electron chi connectivity index (χ3n) is 4.56. The lowest BCUT2D eigenvalue weighted by molar-refractivity contribution is 0.0944. The van der Waals surface area contributed by atoms with E-state index in [2.05, 4.69) is 10.6 Å². The average molecular weight is 399 g/mol. The van der Waals surface area contributed by atoms with Gasteiger partial charge < -0.3 is 15.4 Å². The molecular formula is C22H26N2O3S. The summed E-state index contributed by atoms with van der Waals surface area (Å²) in [6.45, 7) is 3.68. The average Bonchev–Trinajstić information content (AvgIpc) is 3.25. The van der Waals surface area contributed by atoms with Crippen molar-refractivity contribution in [1.82, 2.24) is 10.6 Å². The first-order chi connectivity index (χ1) is 13.7. The molecule has 1 fully saturated rings. The van der Waals surface area contributed by atoms with Crippen LogP contribution in [0.3, 0.4) is 0 Å². The van der Waals surface area contributed by atoms with E-state index in [1.807, 2.05) is 49.4 Å². The molecule has 148 valence electrons. The zero-order valence-electron chi connectivity index (χ0n) is 16.1. The SMILES string of the molecule is CCNC(=O)c1cccc(CNC(=O)c2ccccc2SCC2CCCO2)c1. The summed E-state index contributed by atoms with van der Waals surface area (Å²) in [5, 5.41) is 5.75. The molecule has 5 nitrogen and oxygen atoms in total. The Morgan fingerprint density at radius 2 is 1.96 bits per heavy atom. The van der Waals surface area contributed by atoms with Crippen molar-refractivity contribution < 1.29 is 14.3 Å². The summed E-state index contributed by atoms with van der Waals surface area (Å²) < 4.78 is 5.67. The van der Waals surface area contributed by atoms with Crippen LogP contribution < -0.4 is 10.6 Å². The molecular weight excluding hydrogens is 372 g/mol. The quantitative estimate of drug-likeness (QED) is 0.666. The van der Waals surface area contributed by atoms with Crippen LogP contribution in [0.5, 0.6) is 0 Å². The molecule has 0 spiro atoms. The summed E-state index contributed by atoms with van der Waals surface area (Å²) in [5.74, 6) is 0.643. The van der Waals surface area contributed by atoms with Gasteiger partial charge in [-0.05, 0) is 49.6 Å². The van der Waals surface area contributed by atoms with Crippen molar-refractivity contribution in [2.45, 2.75) is 37.3 Å². The Bertz CT molecular complexity index is 819. The molecule has 2 N–H and O–H groups in total. The van der Waals surface area contributed by atoms with E-state index in [-0.39, 0.29) is 17.9 Å². The topological polar surface area (TPSA) is 67.4 Å². The summed E-state index contributed by atoms with van der Waals surface area (Å²) in [4.78, 5) is 25.7. The minimum Gasteiger partial charge on any atom is -0.377 e. The van der Waals surface area contributed by atoms with Gasteiger partial charge in [0, 0.05) is 35.9 Å². The number of hydrogen-bond acceptors (Lipinski definition) is 4. The molecule has 3 rings (SSSR count). The minimum atomic E-state index is -0.112. The van der Waals surface area contributed by atoms with Gasteiger partial charge >= 0.3 is 0 Å². The molecule has 0 aromatic heterocycles. The maximum Gasteiger partial charge on any atom is 0.252 e. The van der Waals surface area contributed by atoms with Crippen LogP contribution in [0.4, 0.5) is 0 Å². The van der Waals surface area contributed by atoms with Crippen molar-refractivity contribution in [2.75, 3.05) is 18.9 Å². The molecule has 1 heterocycles. The maximum atomic E-state index is 12.7. The highest BCUT2D eigenvalue weighted by Gasteiger charge is 2.18. The fourth-order valence-electron chi connectivity index (χ4n) is 3.10. The predicted molar refractivity (Wildman–Crippen MR) is 112 cm³/mol. The Hall–Kier alpha value is -2.31. The van der Waals surface area contributed by atoms with E-state index in [4.69, 9.17) is 4.74 Å². The van der Waals surface area contributed by atoms with Crippen LogP contribution in [-0.4, -0.2) is 36.8 Å². The van der Waals surface area contributed by atoms with Gasteiger partial charge in [-0.15, -0.1) is 11.8 Å². The summed E-state index contributed by atoms with van der Waals surface area (Å²) >= 11 is 1.67. The van der Waals surface area contributed by atoms with Crippen LogP contribution in [-0.2, 0) is 11.3 Å². The first-order valence-corrected chi connectivity index (χ1v) is 10.6. The molecule has 2 amide bonds. The number of thioether (sulfide) groups is 1. The Kier molecular flexibility index (Phi) is 7.51. The van der Waals surface area contributed by atoms with Gasteiger partial charge in [-0.2, -0.15) is 0 Å². The highest BCUT2D eigenvalue weighted by atomic mass is 32.2. The highest BCUT2D eigenvalue weighted by molar-refractivity contribution is 7.99. The summed E-state index contributed by atoms with van der Waals surface area (Å²) in [5.41, 5.74) is 2.16. The first-order valence-electron chi connectivity index (χ1n) is 9.66. The van der Waals surface area contributed by atoms with Crippen LogP contribution in [0.25, 0.3) is 0 Å². The molecule has 28 heavy (non-hydrogen) atoms. The zero-order valence-corrected chi connectivity index (χ0v) is 16.9. The van der Waals surface area contributed by atoms with Gasteiger partial charge in [0.2, 0.25) is 0 Å². The Labute approximate surface area is 170 Å². The van der Waals surface area contributed by atoms with Crippen molar-refractivity contribution in [3.8, 4) is 0 Å². The third kappa shape index (κ3) is 5.59. The monoisotopic (exact) mass is 398 g/mol. The largest absolute Gasteiger partial charge is 0.377 e. The van der Waals surface area contributed by atoms with Crippen LogP contribution in [0, 0.1) is 0 Å². The van der Waals surface area contributed by atoms with Crippen LogP contribution >= 0.6 is 11.8 Å². The molecule has 6 heteroatoms. The number of ether oxygens (including phenoxy) is 1. The molecule has 1 aliphatic rings. The summed E-state index contributed by atoms with van der Waals surface area (Å²) in [6, 6.07) is 15.0. The lowest BCUT2D eigenvalue weighted by Crippen LogP contribution is -2.25. The molecule has 2 aromatic rings. The highest BCUT2D eigenvalue weighted by Crippen LogP contribution is 2.26. The Morgan fingerprint density at radius 3 is 2.75 bits per heavy atom. The fraction of sp³-hybridized carbons (Fsp3) is 0.364. The maximum absolute atomic E-state index is 12.7. The second kappa shape index (κ2) is 10.3. The smallest absolute Gasteiger partial charge is 0.252 e. The third-order valence-corrected chi connectivity index (χ3v) is 5.77. The summed E-state index contributed by atoms with van der Waals surface area (Å²) in [7, 11) is 0. The molecule has 0 saturated carbocycles. The number of rotatable bonds is 8. The van der Waals surface area contributed by atoms with Crippen molar-refractivity contribution in [3.05, 3.63) is 65.2 Å². The molecule has 1 aliphatic heterocycles. The number of hydrogen-bond donors (Lipinski definition) is 2. The van der Waals surface area contributed by atoms with Crippen molar-refractivity contribution in [1.29, 1.82) is 0 Å². The standard InChI is InChI=1S/C22H26N2O3S/c1-2-23-21(25)17-8-5-7-16(13-17)14-24-22(26)19-10-3-4-11-20(19)28-15-18-9-6-12-27-18/h3-5,7-8,10-11,13,18H,2,6,9,12,14-15H2,1H3,(H,23,25)(H,24,26). The Morgan fingerprint density at radius 1 is 1.11 bits per heavy atom. The number of nitrogens with one attached hydrogen (secondary N) is 2. The second-order valence-corrected chi connectivity index (χ2v) is 7.75. The number of amides is 2. The molecule has 1 atom stereocenters. The van der Waals surface area contributed by atoms with E-state index in [1.165, 1.54) is 0 Å². The van der Waals surface area contributed by atoms with Crippen LogP contribution in [0.15, 0.2) is 53.4 Å². The number of benzene rings is 2. The van der Waals surface area contributed by atoms with E-state index in [0.717, 1.165) is 35.7 Å². The number of carbonyl (C=O) groups is 2. The molecule has 1 saturated heterocycles. The van der Waals surface area contributed by atoms with Gasteiger partial charge in [-0.1, -0.05) is 24.3 Å².